The van der Waals surface area contributed by atoms with Gasteiger partial charge in [-0.05, 0) is 18.6 Å². The molecule has 0 amide bonds. The van der Waals surface area contributed by atoms with Gasteiger partial charge in [0.25, 0.3) is 0 Å². The summed E-state index contributed by atoms with van der Waals surface area (Å²) in [4.78, 5) is 0. The maximum Gasteiger partial charge on any atom is 0.152 e. The van der Waals surface area contributed by atoms with Crippen LogP contribution >= 0.6 is 24.0 Å². The molecular weight excluding hydrogens is 238 g/mol. The van der Waals surface area contributed by atoms with Crippen LogP contribution in [0.4, 0.5) is 0 Å². The molecule has 1 aliphatic rings. The molecule has 14 heavy (non-hydrogen) atoms. The van der Waals surface area contributed by atoms with Crippen LogP contribution in [0, 0.1) is 0 Å². The van der Waals surface area contributed by atoms with E-state index in [4.69, 9.17) is 12.2 Å². The van der Waals surface area contributed by atoms with Crippen LogP contribution in [0.3, 0.4) is 0 Å². The number of sulfone groups is 1. The highest BCUT2D eigenvalue weighted by molar-refractivity contribution is 8.22. The van der Waals surface area contributed by atoms with Crippen molar-refractivity contribution in [2.45, 2.75) is 25.8 Å². The van der Waals surface area contributed by atoms with E-state index in [-0.39, 0.29) is 11.8 Å². The molecule has 0 aromatic heterocycles. The first-order valence-corrected chi connectivity index (χ1v) is 7.89. The Morgan fingerprint density at radius 1 is 1.64 bits per heavy atom. The minimum atomic E-state index is -2.79. The van der Waals surface area contributed by atoms with E-state index in [2.05, 4.69) is 12.2 Å². The van der Waals surface area contributed by atoms with Gasteiger partial charge in [-0.1, -0.05) is 30.9 Å². The lowest BCUT2D eigenvalue weighted by atomic mass is 10.3. The van der Waals surface area contributed by atoms with Crippen LogP contribution in [0.2, 0.25) is 0 Å². The van der Waals surface area contributed by atoms with Gasteiger partial charge >= 0.3 is 0 Å². The summed E-state index contributed by atoms with van der Waals surface area (Å²) in [5.74, 6) is 1.52. The Morgan fingerprint density at radius 2 is 2.36 bits per heavy atom. The third kappa shape index (κ3) is 4.14. The van der Waals surface area contributed by atoms with Crippen molar-refractivity contribution in [3.8, 4) is 0 Å². The molecule has 3 nitrogen and oxygen atoms in total. The van der Waals surface area contributed by atoms with Gasteiger partial charge in [-0.15, -0.1) is 0 Å². The summed E-state index contributed by atoms with van der Waals surface area (Å²) >= 11 is 6.68. The fourth-order valence-electron chi connectivity index (χ4n) is 1.31. The van der Waals surface area contributed by atoms with E-state index in [1.54, 1.807) is 11.8 Å². The number of hydrogen-bond donors (Lipinski definition) is 1. The van der Waals surface area contributed by atoms with Gasteiger partial charge in [0.05, 0.1) is 11.5 Å². The molecule has 1 atom stereocenters. The van der Waals surface area contributed by atoms with Crippen molar-refractivity contribution in [2.24, 2.45) is 0 Å². The first-order chi connectivity index (χ1) is 6.53. The molecule has 0 bridgehead atoms. The van der Waals surface area contributed by atoms with Crippen LogP contribution in [0.1, 0.15) is 19.8 Å². The van der Waals surface area contributed by atoms with Crippen LogP contribution in [0.15, 0.2) is 0 Å². The molecule has 0 aliphatic carbocycles. The molecule has 0 aromatic carbocycles. The normalized spacial score (nSPS) is 24.8. The molecule has 0 aromatic rings. The second-order valence-electron chi connectivity index (χ2n) is 3.38. The van der Waals surface area contributed by atoms with Crippen LogP contribution in [-0.2, 0) is 9.84 Å². The van der Waals surface area contributed by atoms with Crippen LogP contribution in [0.25, 0.3) is 0 Å². The molecule has 1 heterocycles. The fraction of sp³-hybridized carbons (Fsp3) is 0.875. The largest absolute Gasteiger partial charge is 0.367 e. The van der Waals surface area contributed by atoms with Crippen molar-refractivity contribution in [2.75, 3.05) is 17.3 Å². The first kappa shape index (κ1) is 12.3. The van der Waals surface area contributed by atoms with E-state index in [1.807, 2.05) is 0 Å². The van der Waals surface area contributed by atoms with Gasteiger partial charge in [0.1, 0.15) is 4.32 Å². The lowest BCUT2D eigenvalue weighted by molar-refractivity contribution is 0.600. The fourth-order valence-corrected chi connectivity index (χ4v) is 4.04. The van der Waals surface area contributed by atoms with E-state index in [1.165, 1.54) is 0 Å². The Morgan fingerprint density at radius 3 is 2.86 bits per heavy atom. The SMILES string of the molecule is CCCSC(=S)N[C@@H]1CCS(=O)(=O)C1. The molecule has 6 heteroatoms. The minimum Gasteiger partial charge on any atom is -0.367 e. The minimum absolute atomic E-state index is 0.0388. The van der Waals surface area contributed by atoms with Crippen molar-refractivity contribution in [3.63, 3.8) is 0 Å². The zero-order valence-corrected chi connectivity index (χ0v) is 10.6. The zero-order chi connectivity index (χ0) is 10.6. The standard InChI is InChI=1S/C8H15NO2S3/c1-2-4-13-8(12)9-7-3-5-14(10,11)6-7/h7H,2-6H2,1H3,(H,9,12)/t7-/m1/s1. The number of rotatable bonds is 3. The summed E-state index contributed by atoms with van der Waals surface area (Å²) in [6, 6.07) is 0.0388. The number of hydrogen-bond acceptors (Lipinski definition) is 4. The molecule has 82 valence electrons. The highest BCUT2D eigenvalue weighted by Gasteiger charge is 2.27. The smallest absolute Gasteiger partial charge is 0.152 e. The molecule has 1 fully saturated rings. The molecule has 1 aliphatic heterocycles. The Bertz CT molecular complexity index is 300. The van der Waals surface area contributed by atoms with Gasteiger partial charge in [-0.3, -0.25) is 0 Å². The third-order valence-corrected chi connectivity index (χ3v) is 5.22. The summed E-state index contributed by atoms with van der Waals surface area (Å²) in [7, 11) is -2.79. The van der Waals surface area contributed by atoms with Crippen molar-refractivity contribution in [1.82, 2.24) is 5.32 Å². The average Bonchev–Trinajstić information content (AvgIpc) is 2.42. The molecule has 0 unspecified atom stereocenters. The lowest BCUT2D eigenvalue weighted by Crippen LogP contribution is -2.32. The highest BCUT2D eigenvalue weighted by Crippen LogP contribution is 2.13. The molecule has 0 radical (unpaired) electrons. The number of thiocarbonyl (C=S) groups is 1. The van der Waals surface area contributed by atoms with Gasteiger partial charge in [0, 0.05) is 6.04 Å². The van der Waals surface area contributed by atoms with Crippen molar-refractivity contribution in [1.29, 1.82) is 0 Å². The Kier molecular flexibility index (Phi) is 4.66. The van der Waals surface area contributed by atoms with E-state index in [0.717, 1.165) is 16.5 Å². The molecule has 1 saturated heterocycles. The maximum absolute atomic E-state index is 11.1. The van der Waals surface area contributed by atoms with Gasteiger partial charge < -0.3 is 5.32 Å². The van der Waals surface area contributed by atoms with Crippen LogP contribution in [-0.4, -0.2) is 36.0 Å². The van der Waals surface area contributed by atoms with Gasteiger partial charge in [0.15, 0.2) is 9.84 Å². The summed E-state index contributed by atoms with van der Waals surface area (Å²) in [6.45, 7) is 2.09. The lowest BCUT2D eigenvalue weighted by Gasteiger charge is -2.11. The zero-order valence-electron chi connectivity index (χ0n) is 8.15. The Hall–Kier alpha value is 0.190. The summed E-state index contributed by atoms with van der Waals surface area (Å²) in [6.07, 6.45) is 1.77. The highest BCUT2D eigenvalue weighted by atomic mass is 32.2. The van der Waals surface area contributed by atoms with E-state index in [0.29, 0.717) is 12.2 Å². The first-order valence-electron chi connectivity index (χ1n) is 4.67. The second kappa shape index (κ2) is 5.32. The van der Waals surface area contributed by atoms with Crippen LogP contribution < -0.4 is 5.32 Å². The number of thioether (sulfide) groups is 1. The van der Waals surface area contributed by atoms with E-state index >= 15 is 0 Å². The monoisotopic (exact) mass is 253 g/mol. The summed E-state index contributed by atoms with van der Waals surface area (Å²) in [5, 5.41) is 3.08. The summed E-state index contributed by atoms with van der Waals surface area (Å²) < 4.78 is 23.0. The topological polar surface area (TPSA) is 46.2 Å². The van der Waals surface area contributed by atoms with E-state index in [9.17, 15) is 8.42 Å². The predicted molar refractivity (Wildman–Crippen MR) is 65.5 cm³/mol. The molecule has 0 saturated carbocycles. The average molecular weight is 253 g/mol. The van der Waals surface area contributed by atoms with Crippen LogP contribution in [0.5, 0.6) is 0 Å². The molecule has 1 N–H and O–H groups in total. The Balaban J connectivity index is 2.29. The second-order valence-corrected chi connectivity index (χ2v) is 7.38. The molecular formula is C8H15NO2S3. The molecule has 1 rings (SSSR count). The number of nitrogens with one attached hydrogen (secondary N) is 1. The van der Waals surface area contributed by atoms with Crippen molar-refractivity contribution >= 4 is 38.1 Å². The quantitative estimate of drug-likeness (QED) is 0.766. The van der Waals surface area contributed by atoms with Gasteiger partial charge in [-0.25, -0.2) is 8.42 Å². The maximum atomic E-state index is 11.1. The van der Waals surface area contributed by atoms with Crippen molar-refractivity contribution in [3.05, 3.63) is 0 Å². The van der Waals surface area contributed by atoms with Gasteiger partial charge in [0.2, 0.25) is 0 Å². The van der Waals surface area contributed by atoms with Gasteiger partial charge in [-0.2, -0.15) is 0 Å². The predicted octanol–water partition coefficient (Wildman–Crippen LogP) is 1.19. The summed E-state index contributed by atoms with van der Waals surface area (Å²) in [5.41, 5.74) is 0. The Labute approximate surface area is 94.9 Å². The third-order valence-electron chi connectivity index (χ3n) is 1.99. The van der Waals surface area contributed by atoms with E-state index < -0.39 is 9.84 Å². The van der Waals surface area contributed by atoms with Crippen molar-refractivity contribution < 1.29 is 8.42 Å². The molecule has 0 spiro atoms.